The van der Waals surface area contributed by atoms with Crippen molar-refractivity contribution in [3.8, 4) is 11.3 Å². The molecule has 3 aromatic heterocycles. The highest BCUT2D eigenvalue weighted by Crippen LogP contribution is 2.43. The lowest BCUT2D eigenvalue weighted by Gasteiger charge is -2.30. The second kappa shape index (κ2) is 7.44. The predicted molar refractivity (Wildman–Crippen MR) is 134 cm³/mol. The maximum Gasteiger partial charge on any atom is 0.150 e. The van der Waals surface area contributed by atoms with Gasteiger partial charge in [0.15, 0.2) is 0 Å². The largest absolute Gasteiger partial charge is 0.382 e. The van der Waals surface area contributed by atoms with Crippen molar-refractivity contribution in [1.82, 2.24) is 19.4 Å². The number of imidazole rings is 1. The number of allylic oxidation sites excluding steroid dienone is 4. The normalized spacial score (nSPS) is 20.7. The molecule has 0 saturated heterocycles. The summed E-state index contributed by atoms with van der Waals surface area (Å²) < 4.78 is 2.86. The number of nitrogens with zero attached hydrogens (tertiary/aromatic N) is 4. The molecule has 154 valence electrons. The number of hydrogen-bond donors (Lipinski definition) is 1. The number of rotatable bonds is 3. The number of fused-ring (bicyclic) bond motifs is 2. The number of pyridine rings is 1. The van der Waals surface area contributed by atoms with E-state index in [-0.39, 0.29) is 0 Å². The molecule has 6 heteroatoms. The van der Waals surface area contributed by atoms with E-state index in [0.29, 0.717) is 11.7 Å². The zero-order valence-corrected chi connectivity index (χ0v) is 19.2. The average Bonchev–Trinajstić information content (AvgIpc) is 3.17. The molecule has 0 atom stereocenters. The summed E-state index contributed by atoms with van der Waals surface area (Å²) in [6.07, 6.45) is 14.9. The van der Waals surface area contributed by atoms with Gasteiger partial charge < -0.3 is 5.73 Å². The van der Waals surface area contributed by atoms with Crippen LogP contribution in [0.5, 0.6) is 0 Å². The van der Waals surface area contributed by atoms with Crippen LogP contribution in [-0.4, -0.2) is 23.3 Å². The number of benzene rings is 1. The van der Waals surface area contributed by atoms with Crippen LogP contribution in [0, 0.1) is 0 Å². The summed E-state index contributed by atoms with van der Waals surface area (Å²) >= 11 is 2.52. The van der Waals surface area contributed by atoms with Gasteiger partial charge in [-0.3, -0.25) is 4.40 Å². The van der Waals surface area contributed by atoms with Crippen molar-refractivity contribution in [2.75, 3.05) is 5.73 Å². The van der Waals surface area contributed by atoms with Crippen molar-refractivity contribution in [2.24, 2.45) is 0 Å². The van der Waals surface area contributed by atoms with Gasteiger partial charge in [0.05, 0.1) is 11.2 Å². The van der Waals surface area contributed by atoms with Gasteiger partial charge in [0.25, 0.3) is 0 Å². The smallest absolute Gasteiger partial charge is 0.150 e. The molecule has 0 unspecified atom stereocenters. The van der Waals surface area contributed by atoms with E-state index in [2.05, 4.69) is 80.5 Å². The van der Waals surface area contributed by atoms with Crippen molar-refractivity contribution < 1.29 is 0 Å². The van der Waals surface area contributed by atoms with Crippen LogP contribution in [0.3, 0.4) is 0 Å². The fraction of sp³-hybridized carbons (Fsp3) is 0.240. The zero-order chi connectivity index (χ0) is 20.9. The van der Waals surface area contributed by atoms with E-state index in [1.807, 2.05) is 6.20 Å². The highest BCUT2D eigenvalue weighted by atomic mass is 127. The predicted octanol–water partition coefficient (Wildman–Crippen LogP) is 5.94. The number of nitrogen functional groups attached to an aromatic ring is 1. The van der Waals surface area contributed by atoms with Crippen LogP contribution in [0.15, 0.2) is 61.0 Å². The van der Waals surface area contributed by atoms with Crippen LogP contribution in [0.4, 0.5) is 5.82 Å². The molecule has 1 fully saturated rings. The molecular weight excluding hydrogens is 497 g/mol. The summed E-state index contributed by atoms with van der Waals surface area (Å²) in [5.74, 6) is 2.08. The fourth-order valence-corrected chi connectivity index (χ4v) is 5.79. The van der Waals surface area contributed by atoms with Crippen molar-refractivity contribution in [3.63, 3.8) is 0 Å². The van der Waals surface area contributed by atoms with Gasteiger partial charge in [-0.2, -0.15) is 0 Å². The minimum atomic E-state index is 0.472. The van der Waals surface area contributed by atoms with Gasteiger partial charge in [-0.15, -0.1) is 0 Å². The first-order chi connectivity index (χ1) is 15.2. The molecule has 0 bridgehead atoms. The molecule has 2 N–H and O–H groups in total. The quantitative estimate of drug-likeness (QED) is 0.269. The van der Waals surface area contributed by atoms with Gasteiger partial charge in [-0.25, -0.2) is 15.0 Å². The van der Waals surface area contributed by atoms with Crippen molar-refractivity contribution >= 4 is 50.4 Å². The average molecular weight is 519 g/mol. The lowest BCUT2D eigenvalue weighted by molar-refractivity contribution is 0.428. The molecule has 4 aromatic rings. The molecule has 0 amide bonds. The minimum absolute atomic E-state index is 0.472. The fourth-order valence-electron chi connectivity index (χ4n) is 4.56. The van der Waals surface area contributed by atoms with Gasteiger partial charge >= 0.3 is 0 Å². The molecule has 2 aliphatic rings. The van der Waals surface area contributed by atoms with E-state index in [4.69, 9.17) is 15.7 Å². The lowest BCUT2D eigenvalue weighted by atomic mass is 9.85. The Balaban J connectivity index is 1.50. The Morgan fingerprint density at radius 3 is 2.74 bits per heavy atom. The van der Waals surface area contributed by atoms with Crippen molar-refractivity contribution in [1.29, 1.82) is 0 Å². The van der Waals surface area contributed by atoms with E-state index < -0.39 is 0 Å². The monoisotopic (exact) mass is 519 g/mol. The van der Waals surface area contributed by atoms with Gasteiger partial charge in [0, 0.05) is 33.2 Å². The summed E-state index contributed by atoms with van der Waals surface area (Å²) in [4.78, 5) is 14.4. The van der Waals surface area contributed by atoms with Gasteiger partial charge in [0.2, 0.25) is 0 Å². The Hall–Kier alpha value is -2.74. The molecule has 0 radical (unpaired) electrons. The van der Waals surface area contributed by atoms with Crippen LogP contribution >= 0.6 is 22.6 Å². The van der Waals surface area contributed by atoms with Crippen molar-refractivity contribution in [3.05, 3.63) is 72.5 Å². The third-order valence-electron chi connectivity index (χ3n) is 6.31. The maximum atomic E-state index is 6.32. The Bertz CT molecular complexity index is 1380. The van der Waals surface area contributed by atoms with Crippen LogP contribution in [0.1, 0.15) is 43.1 Å². The molecule has 0 aliphatic heterocycles. The van der Waals surface area contributed by atoms with Gasteiger partial charge in [-0.1, -0.05) is 59.0 Å². The van der Waals surface area contributed by atoms with E-state index in [1.165, 1.54) is 5.57 Å². The highest BCUT2D eigenvalue weighted by molar-refractivity contribution is 14.1. The third-order valence-corrected chi connectivity index (χ3v) is 7.33. The first kappa shape index (κ1) is 19.0. The first-order valence-electron chi connectivity index (χ1n) is 10.7. The van der Waals surface area contributed by atoms with E-state index >= 15 is 0 Å². The zero-order valence-electron chi connectivity index (χ0n) is 17.0. The van der Waals surface area contributed by atoms with Gasteiger partial charge in [0.1, 0.15) is 22.9 Å². The molecule has 1 aromatic carbocycles. The molecule has 0 spiro atoms. The van der Waals surface area contributed by atoms with Crippen LogP contribution in [0.2, 0.25) is 0 Å². The molecule has 1 saturated carbocycles. The van der Waals surface area contributed by atoms with Gasteiger partial charge in [-0.05, 0) is 43.4 Å². The summed E-state index contributed by atoms with van der Waals surface area (Å²) in [5.41, 5.74) is 12.3. The summed E-state index contributed by atoms with van der Waals surface area (Å²) in [6.45, 7) is 0. The summed E-state index contributed by atoms with van der Waals surface area (Å²) in [7, 11) is 0. The standard InChI is InChI=1S/C25H22IN5/c26-19-12-18(13-19)25-30-22(23-24(27)28-10-11-31(23)25)17-7-6-16-8-9-20(29-21(16)14-17)15-4-2-1-3-5-15/h2,4-11,14,18-19H,1,3,12-13H2,(H2,27,28). The first-order valence-corrected chi connectivity index (χ1v) is 12.0. The third kappa shape index (κ3) is 3.24. The number of hydrogen-bond acceptors (Lipinski definition) is 4. The number of anilines is 1. The SMILES string of the molecule is Nc1nccn2c(C3CC(I)C3)nc(-c3ccc4ccc(C5=CCCC=C5)nc4c3)c12. The summed E-state index contributed by atoms with van der Waals surface area (Å²) in [6, 6.07) is 10.6. The molecule has 3 heterocycles. The second-order valence-electron chi connectivity index (χ2n) is 8.36. The van der Waals surface area contributed by atoms with E-state index in [9.17, 15) is 0 Å². The number of aromatic nitrogens is 4. The molecule has 6 rings (SSSR count). The number of alkyl halides is 1. The molecule has 5 nitrogen and oxygen atoms in total. The Morgan fingerprint density at radius 2 is 1.94 bits per heavy atom. The number of nitrogens with two attached hydrogens (primary N) is 1. The lowest BCUT2D eigenvalue weighted by Crippen LogP contribution is -2.23. The topological polar surface area (TPSA) is 69.1 Å². The highest BCUT2D eigenvalue weighted by Gasteiger charge is 2.32. The van der Waals surface area contributed by atoms with E-state index in [0.717, 1.165) is 68.8 Å². The Kier molecular flexibility index (Phi) is 4.56. The van der Waals surface area contributed by atoms with E-state index in [1.54, 1.807) is 6.20 Å². The summed E-state index contributed by atoms with van der Waals surface area (Å²) in [5, 5.41) is 1.12. The molecule has 31 heavy (non-hydrogen) atoms. The molecule has 2 aliphatic carbocycles. The second-order valence-corrected chi connectivity index (χ2v) is 10.1. The van der Waals surface area contributed by atoms with Crippen LogP contribution in [-0.2, 0) is 0 Å². The Labute approximate surface area is 194 Å². The number of halogens is 1. The van der Waals surface area contributed by atoms with Crippen LogP contribution in [0.25, 0.3) is 33.3 Å². The van der Waals surface area contributed by atoms with Crippen LogP contribution < -0.4 is 5.73 Å². The van der Waals surface area contributed by atoms with Crippen molar-refractivity contribution in [2.45, 2.75) is 35.5 Å². The maximum absolute atomic E-state index is 6.32. The Morgan fingerprint density at radius 1 is 1.06 bits per heavy atom. The minimum Gasteiger partial charge on any atom is -0.382 e. The molecular formula is C25H22IN5.